The number of thiophene rings is 1. The van der Waals surface area contributed by atoms with Crippen molar-refractivity contribution in [3.8, 4) is 5.88 Å². The normalized spacial score (nSPS) is 11.1. The van der Waals surface area contributed by atoms with E-state index in [2.05, 4.69) is 38.8 Å². The lowest BCUT2D eigenvalue weighted by molar-refractivity contribution is 0.0918. The van der Waals surface area contributed by atoms with E-state index in [0.29, 0.717) is 11.4 Å². The Morgan fingerprint density at radius 3 is 2.79 bits per heavy atom. The van der Waals surface area contributed by atoms with Gasteiger partial charge in [0.1, 0.15) is 11.2 Å². The maximum atomic E-state index is 12.8. The zero-order valence-corrected chi connectivity index (χ0v) is 16.7. The molecule has 0 aliphatic heterocycles. The van der Waals surface area contributed by atoms with Crippen molar-refractivity contribution < 1.29 is 9.53 Å². The van der Waals surface area contributed by atoms with Crippen molar-refractivity contribution in [3.63, 3.8) is 0 Å². The van der Waals surface area contributed by atoms with Crippen LogP contribution in [-0.4, -0.2) is 26.9 Å². The Bertz CT molecular complexity index is 1120. The van der Waals surface area contributed by atoms with E-state index in [1.54, 1.807) is 0 Å². The van der Waals surface area contributed by atoms with Crippen LogP contribution in [0.3, 0.4) is 0 Å². The summed E-state index contributed by atoms with van der Waals surface area (Å²) in [5.41, 5.74) is 4.06. The number of Topliss-reactive ketones (excluding diaryl/α,β-unsaturated/α-hetero) is 1. The van der Waals surface area contributed by atoms with Gasteiger partial charge in [0.2, 0.25) is 11.7 Å². The smallest absolute Gasteiger partial charge is 0.225 e. The van der Waals surface area contributed by atoms with Gasteiger partial charge in [0.15, 0.2) is 6.61 Å². The molecule has 0 saturated carbocycles. The number of hydrogen-bond acceptors (Lipinski definition) is 5. The first kappa shape index (κ1) is 18.4. The van der Waals surface area contributed by atoms with Gasteiger partial charge in [-0.15, -0.1) is 11.3 Å². The number of nitrogens with zero attached hydrogens (tertiary/aromatic N) is 3. The van der Waals surface area contributed by atoms with Crippen LogP contribution in [0.25, 0.3) is 10.2 Å². The summed E-state index contributed by atoms with van der Waals surface area (Å²) in [4.78, 5) is 22.0. The molecule has 4 rings (SSSR count). The molecule has 6 heteroatoms. The summed E-state index contributed by atoms with van der Waals surface area (Å²) < 4.78 is 7.92. The fourth-order valence-electron chi connectivity index (χ4n) is 3.41. The largest absolute Gasteiger partial charge is 0.469 e. The van der Waals surface area contributed by atoms with E-state index in [1.165, 1.54) is 23.2 Å². The molecule has 0 atom stereocenters. The van der Waals surface area contributed by atoms with Gasteiger partial charge in [-0.3, -0.25) is 4.79 Å². The summed E-state index contributed by atoms with van der Waals surface area (Å²) in [6.07, 6.45) is 2.40. The zero-order valence-electron chi connectivity index (χ0n) is 15.9. The first-order valence-electron chi connectivity index (χ1n) is 9.18. The van der Waals surface area contributed by atoms with E-state index in [4.69, 9.17) is 4.74 Å². The van der Waals surface area contributed by atoms with Gasteiger partial charge in [0.05, 0.1) is 5.39 Å². The number of aryl methyl sites for hydroxylation is 2. The Hall–Kier alpha value is -2.99. The first-order valence-corrected chi connectivity index (χ1v) is 10.1. The quantitative estimate of drug-likeness (QED) is 0.432. The molecule has 28 heavy (non-hydrogen) atoms. The van der Waals surface area contributed by atoms with Crippen molar-refractivity contribution in [1.29, 1.82) is 0 Å². The van der Waals surface area contributed by atoms with Gasteiger partial charge in [-0.05, 0) is 43.3 Å². The topological polar surface area (TPSA) is 57.0 Å². The fourth-order valence-corrected chi connectivity index (χ4v) is 4.13. The number of carbonyl (C=O) groups excluding carboxylic acids is 1. The van der Waals surface area contributed by atoms with Crippen molar-refractivity contribution in [2.24, 2.45) is 0 Å². The Morgan fingerprint density at radius 2 is 1.96 bits per heavy atom. The molecule has 3 aromatic heterocycles. The Labute approximate surface area is 167 Å². The van der Waals surface area contributed by atoms with E-state index < -0.39 is 0 Å². The third kappa shape index (κ3) is 3.68. The van der Waals surface area contributed by atoms with Crippen molar-refractivity contribution in [2.75, 3.05) is 6.61 Å². The summed E-state index contributed by atoms with van der Waals surface area (Å²) >= 11 is 1.52. The monoisotopic (exact) mass is 391 g/mol. The predicted octanol–water partition coefficient (Wildman–Crippen LogP) is 4.61. The van der Waals surface area contributed by atoms with E-state index in [9.17, 15) is 4.79 Å². The van der Waals surface area contributed by atoms with Crippen LogP contribution < -0.4 is 4.74 Å². The Kier molecular flexibility index (Phi) is 5.21. The average Bonchev–Trinajstić information content (AvgIpc) is 3.30. The van der Waals surface area contributed by atoms with Crippen molar-refractivity contribution >= 4 is 27.3 Å². The van der Waals surface area contributed by atoms with Crippen LogP contribution in [0.15, 0.2) is 54.2 Å². The van der Waals surface area contributed by atoms with Crippen molar-refractivity contribution in [1.82, 2.24) is 14.5 Å². The summed E-state index contributed by atoms with van der Waals surface area (Å²) in [5, 5.41) is 2.78. The second-order valence-electron chi connectivity index (χ2n) is 6.70. The summed E-state index contributed by atoms with van der Waals surface area (Å²) in [7, 11) is 0. The van der Waals surface area contributed by atoms with Gasteiger partial charge in [0.25, 0.3) is 0 Å². The second-order valence-corrected chi connectivity index (χ2v) is 7.60. The van der Waals surface area contributed by atoms with Gasteiger partial charge in [-0.25, -0.2) is 9.97 Å². The highest BCUT2D eigenvalue weighted by Crippen LogP contribution is 2.25. The van der Waals surface area contributed by atoms with Crippen LogP contribution in [0.1, 0.15) is 27.3 Å². The zero-order chi connectivity index (χ0) is 19.5. The lowest BCUT2D eigenvalue weighted by Crippen LogP contribution is -2.14. The summed E-state index contributed by atoms with van der Waals surface area (Å²) in [5.74, 6) is 0.415. The number of rotatable bonds is 7. The number of fused-ring (bicyclic) bond motifs is 1. The predicted molar refractivity (Wildman–Crippen MR) is 111 cm³/mol. The number of ether oxygens (including phenoxy) is 1. The summed E-state index contributed by atoms with van der Waals surface area (Å²) in [6, 6.07) is 14.2. The van der Waals surface area contributed by atoms with Crippen LogP contribution in [-0.2, 0) is 13.0 Å². The highest BCUT2D eigenvalue weighted by Gasteiger charge is 2.17. The molecule has 5 nitrogen and oxygen atoms in total. The highest BCUT2D eigenvalue weighted by molar-refractivity contribution is 7.16. The standard InChI is InChI=1S/C22H21N3O2S/c1-15-12-19(16(2)25(15)10-8-17-6-4-3-5-7-17)20(26)13-27-21-18-9-11-28-22(18)24-14-23-21/h3-7,9,11-12,14H,8,10,13H2,1-2H3. The maximum Gasteiger partial charge on any atom is 0.225 e. The number of benzene rings is 1. The van der Waals surface area contributed by atoms with Crippen molar-refractivity contribution in [2.45, 2.75) is 26.8 Å². The van der Waals surface area contributed by atoms with Gasteiger partial charge in [-0.2, -0.15) is 0 Å². The molecular formula is C22H21N3O2S. The molecule has 3 heterocycles. The molecule has 1 aromatic carbocycles. The fraction of sp³-hybridized carbons (Fsp3) is 0.227. The van der Waals surface area contributed by atoms with Crippen molar-refractivity contribution in [3.05, 3.63) is 76.7 Å². The van der Waals surface area contributed by atoms with Crippen LogP contribution in [0.4, 0.5) is 0 Å². The lowest BCUT2D eigenvalue weighted by Gasteiger charge is -2.10. The second kappa shape index (κ2) is 7.94. The number of aromatic nitrogens is 3. The molecule has 0 saturated heterocycles. The molecule has 0 N–H and O–H groups in total. The molecule has 0 amide bonds. The molecule has 0 unspecified atom stereocenters. The average molecular weight is 391 g/mol. The van der Waals surface area contributed by atoms with E-state index in [-0.39, 0.29) is 12.4 Å². The minimum atomic E-state index is -0.0407. The first-order chi connectivity index (χ1) is 13.6. The van der Waals surface area contributed by atoms with Crippen LogP contribution in [0, 0.1) is 13.8 Å². The van der Waals surface area contributed by atoms with Gasteiger partial charge in [-0.1, -0.05) is 30.3 Å². The minimum absolute atomic E-state index is 0.0368. The lowest BCUT2D eigenvalue weighted by atomic mass is 10.1. The molecule has 0 fully saturated rings. The highest BCUT2D eigenvalue weighted by atomic mass is 32.1. The third-order valence-electron chi connectivity index (χ3n) is 4.91. The SMILES string of the molecule is Cc1cc(C(=O)COc2ncnc3sccc23)c(C)n1CCc1ccccc1. The van der Waals surface area contributed by atoms with Crippen LogP contribution in [0.5, 0.6) is 5.88 Å². The molecule has 142 valence electrons. The van der Waals surface area contributed by atoms with Gasteiger partial charge < -0.3 is 9.30 Å². The molecule has 0 aliphatic carbocycles. The van der Waals surface area contributed by atoms with Gasteiger partial charge >= 0.3 is 0 Å². The van der Waals surface area contributed by atoms with E-state index >= 15 is 0 Å². The van der Waals surface area contributed by atoms with E-state index in [1.807, 2.05) is 37.4 Å². The summed E-state index contributed by atoms with van der Waals surface area (Å²) in [6.45, 7) is 4.84. The number of carbonyl (C=O) groups is 1. The van der Waals surface area contributed by atoms with E-state index in [0.717, 1.165) is 34.6 Å². The third-order valence-corrected chi connectivity index (χ3v) is 5.73. The Morgan fingerprint density at radius 1 is 1.14 bits per heavy atom. The van der Waals surface area contributed by atoms with Gasteiger partial charge in [0, 0.05) is 23.5 Å². The molecule has 0 radical (unpaired) electrons. The number of hydrogen-bond donors (Lipinski definition) is 0. The molecule has 0 bridgehead atoms. The Balaban J connectivity index is 1.46. The number of ketones is 1. The van der Waals surface area contributed by atoms with Crippen LogP contribution >= 0.6 is 11.3 Å². The minimum Gasteiger partial charge on any atom is -0.469 e. The molecule has 4 aromatic rings. The van der Waals surface area contributed by atoms with Crippen LogP contribution in [0.2, 0.25) is 0 Å². The molecular weight excluding hydrogens is 370 g/mol. The molecule has 0 spiro atoms. The maximum absolute atomic E-state index is 12.8. The molecule has 0 aliphatic rings.